The number of nitrogens with zero attached hydrogens (tertiary/aromatic N) is 1. The first-order valence-electron chi connectivity index (χ1n) is 4.54. The van der Waals surface area contributed by atoms with Crippen molar-refractivity contribution in [2.45, 2.75) is 34.6 Å². The van der Waals surface area contributed by atoms with E-state index in [2.05, 4.69) is 4.98 Å². The third-order valence-corrected chi connectivity index (χ3v) is 1.41. The smallest absolute Gasteiger partial charge is 0.224 e. The van der Waals surface area contributed by atoms with Gasteiger partial charge in [0.25, 0.3) is 0 Å². The highest BCUT2D eigenvalue weighted by atomic mass is 127. The van der Waals surface area contributed by atoms with Gasteiger partial charge in [-0.15, -0.1) is 0 Å². The van der Waals surface area contributed by atoms with Crippen LogP contribution in [0, 0.1) is 6.92 Å². The molecule has 13 heavy (non-hydrogen) atoms. The maximum Gasteiger partial charge on any atom is 0.224 e. The molecular formula is C10H18INO. The fraction of sp³-hybridized carbons (Fsp3) is 0.500. The fourth-order valence-electron chi connectivity index (χ4n) is 0.500. The highest BCUT2D eigenvalue weighted by Crippen LogP contribution is 2.08. The number of halogens is 1. The minimum atomic E-state index is 0.654. The van der Waals surface area contributed by atoms with E-state index in [0.717, 1.165) is 5.56 Å². The van der Waals surface area contributed by atoms with Crippen molar-refractivity contribution in [1.82, 2.24) is 4.98 Å². The van der Waals surface area contributed by atoms with Crippen LogP contribution in [-0.2, 0) is 0 Å². The molecule has 1 heterocycles. The molecule has 0 radical (unpaired) electrons. The standard InChI is InChI=1S/C6H6INO.2C2H6/c1-5-2-3-6(9-7)8-4-5;2*1-2/h2-4H,1H3;2*1-2H3. The molecule has 0 aliphatic carbocycles. The van der Waals surface area contributed by atoms with Crippen LogP contribution in [0.25, 0.3) is 0 Å². The lowest BCUT2D eigenvalue weighted by molar-refractivity contribution is 0.680. The highest BCUT2D eigenvalue weighted by Gasteiger charge is 1.88. The Morgan fingerprint density at radius 3 is 2.00 bits per heavy atom. The summed E-state index contributed by atoms with van der Waals surface area (Å²) in [6, 6.07) is 3.79. The first-order valence-corrected chi connectivity index (χ1v) is 5.42. The average molecular weight is 295 g/mol. The van der Waals surface area contributed by atoms with E-state index in [1.165, 1.54) is 0 Å². The van der Waals surface area contributed by atoms with Crippen molar-refractivity contribution in [3.63, 3.8) is 0 Å². The van der Waals surface area contributed by atoms with Crippen molar-refractivity contribution in [3.8, 4) is 5.88 Å². The molecule has 0 bridgehead atoms. The molecule has 0 aromatic carbocycles. The van der Waals surface area contributed by atoms with Crippen molar-refractivity contribution in [2.75, 3.05) is 0 Å². The van der Waals surface area contributed by atoms with Crippen LogP contribution in [0.15, 0.2) is 18.3 Å². The van der Waals surface area contributed by atoms with E-state index in [1.54, 1.807) is 29.2 Å². The molecule has 0 aliphatic rings. The summed E-state index contributed by atoms with van der Waals surface area (Å²) >= 11 is 1.80. The second kappa shape index (κ2) is 11.7. The van der Waals surface area contributed by atoms with Crippen LogP contribution in [0.5, 0.6) is 5.88 Å². The van der Waals surface area contributed by atoms with Gasteiger partial charge in [0.05, 0.1) is 0 Å². The lowest BCUT2D eigenvalue weighted by atomic mass is 10.3. The summed E-state index contributed by atoms with van der Waals surface area (Å²) in [6.45, 7) is 9.99. The van der Waals surface area contributed by atoms with Gasteiger partial charge in [0, 0.05) is 12.3 Å². The largest absolute Gasteiger partial charge is 0.408 e. The van der Waals surface area contributed by atoms with Gasteiger partial charge in [0.15, 0.2) is 23.0 Å². The Balaban J connectivity index is 0. The van der Waals surface area contributed by atoms with Crippen molar-refractivity contribution in [1.29, 1.82) is 0 Å². The predicted molar refractivity (Wildman–Crippen MR) is 66.3 cm³/mol. The maximum absolute atomic E-state index is 4.83. The Labute approximate surface area is 95.4 Å². The zero-order chi connectivity index (χ0) is 10.7. The van der Waals surface area contributed by atoms with Gasteiger partial charge in [0.2, 0.25) is 5.88 Å². The van der Waals surface area contributed by atoms with E-state index in [1.807, 2.05) is 46.8 Å². The number of pyridine rings is 1. The second-order valence-electron chi connectivity index (χ2n) is 1.75. The summed E-state index contributed by atoms with van der Waals surface area (Å²) in [6.07, 6.45) is 1.77. The molecule has 1 rings (SSSR count). The zero-order valence-electron chi connectivity index (χ0n) is 8.97. The minimum absolute atomic E-state index is 0.654. The minimum Gasteiger partial charge on any atom is -0.408 e. The molecule has 0 aliphatic heterocycles. The lowest BCUT2D eigenvalue weighted by Crippen LogP contribution is -1.79. The van der Waals surface area contributed by atoms with Crippen LogP contribution in [0.4, 0.5) is 0 Å². The Hall–Kier alpha value is -0.320. The van der Waals surface area contributed by atoms with Crippen molar-refractivity contribution >= 4 is 23.0 Å². The summed E-state index contributed by atoms with van der Waals surface area (Å²) < 4.78 is 4.83. The van der Waals surface area contributed by atoms with Crippen LogP contribution in [0.3, 0.4) is 0 Å². The predicted octanol–water partition coefficient (Wildman–Crippen LogP) is 4.17. The molecular weight excluding hydrogens is 277 g/mol. The first-order chi connectivity index (χ1) is 6.33. The van der Waals surface area contributed by atoms with Gasteiger partial charge >= 0.3 is 0 Å². The molecule has 3 heteroatoms. The normalized spacial score (nSPS) is 7.23. The molecule has 0 saturated carbocycles. The molecule has 1 aromatic rings. The van der Waals surface area contributed by atoms with Crippen LogP contribution in [0.2, 0.25) is 0 Å². The van der Waals surface area contributed by atoms with Crippen LogP contribution >= 0.6 is 23.0 Å². The number of aryl methyl sites for hydroxylation is 1. The third kappa shape index (κ3) is 8.02. The average Bonchev–Trinajstić information content (AvgIpc) is 2.25. The lowest BCUT2D eigenvalue weighted by Gasteiger charge is -1.93. The van der Waals surface area contributed by atoms with E-state index in [4.69, 9.17) is 3.07 Å². The molecule has 0 spiro atoms. The molecule has 0 fully saturated rings. The van der Waals surface area contributed by atoms with Crippen molar-refractivity contribution < 1.29 is 3.07 Å². The summed E-state index contributed by atoms with van der Waals surface area (Å²) in [5, 5.41) is 0. The van der Waals surface area contributed by atoms with Gasteiger partial charge in [-0.3, -0.25) is 0 Å². The molecule has 0 unspecified atom stereocenters. The second-order valence-corrected chi connectivity index (χ2v) is 2.19. The number of hydrogen-bond acceptors (Lipinski definition) is 2. The molecule has 0 atom stereocenters. The molecule has 0 saturated heterocycles. The Morgan fingerprint density at radius 1 is 1.15 bits per heavy atom. The number of hydrogen-bond donors (Lipinski definition) is 0. The van der Waals surface area contributed by atoms with Gasteiger partial charge in [-0.05, 0) is 12.5 Å². The monoisotopic (exact) mass is 295 g/mol. The summed E-state index contributed by atoms with van der Waals surface area (Å²) in [4.78, 5) is 3.97. The summed E-state index contributed by atoms with van der Waals surface area (Å²) in [5.74, 6) is 0.654. The van der Waals surface area contributed by atoms with E-state index in [-0.39, 0.29) is 0 Å². The molecule has 1 aromatic heterocycles. The first kappa shape index (κ1) is 15.2. The third-order valence-electron chi connectivity index (χ3n) is 0.963. The van der Waals surface area contributed by atoms with Gasteiger partial charge in [-0.1, -0.05) is 33.8 Å². The van der Waals surface area contributed by atoms with E-state index < -0.39 is 0 Å². The molecule has 2 nitrogen and oxygen atoms in total. The van der Waals surface area contributed by atoms with E-state index in [0.29, 0.717) is 5.88 Å². The maximum atomic E-state index is 4.83. The van der Waals surface area contributed by atoms with Crippen LogP contribution in [-0.4, -0.2) is 4.98 Å². The SMILES string of the molecule is CC.CC.Cc1ccc(OI)nc1. The Morgan fingerprint density at radius 2 is 1.69 bits per heavy atom. The molecule has 0 N–H and O–H groups in total. The topological polar surface area (TPSA) is 22.1 Å². The summed E-state index contributed by atoms with van der Waals surface area (Å²) in [5.41, 5.74) is 1.15. The van der Waals surface area contributed by atoms with Gasteiger partial charge < -0.3 is 3.07 Å². The quantitative estimate of drug-likeness (QED) is 0.725. The fourth-order valence-corrected chi connectivity index (χ4v) is 0.760. The molecule has 0 amide bonds. The Bertz CT molecular complexity index is 187. The van der Waals surface area contributed by atoms with Crippen molar-refractivity contribution in [3.05, 3.63) is 23.9 Å². The summed E-state index contributed by atoms with van der Waals surface area (Å²) in [7, 11) is 0. The molecule has 76 valence electrons. The Kier molecular flexibility index (Phi) is 13.6. The van der Waals surface area contributed by atoms with Gasteiger partial charge in [-0.25, -0.2) is 4.98 Å². The van der Waals surface area contributed by atoms with E-state index in [9.17, 15) is 0 Å². The highest BCUT2D eigenvalue weighted by molar-refractivity contribution is 14.1. The van der Waals surface area contributed by atoms with Gasteiger partial charge in [0.1, 0.15) is 0 Å². The van der Waals surface area contributed by atoms with Crippen LogP contribution in [0.1, 0.15) is 33.3 Å². The number of aromatic nitrogens is 1. The van der Waals surface area contributed by atoms with Crippen LogP contribution < -0.4 is 3.07 Å². The van der Waals surface area contributed by atoms with Crippen molar-refractivity contribution in [2.24, 2.45) is 0 Å². The van der Waals surface area contributed by atoms with Gasteiger partial charge in [-0.2, -0.15) is 0 Å². The van der Waals surface area contributed by atoms with E-state index >= 15 is 0 Å². The number of rotatable bonds is 1. The zero-order valence-corrected chi connectivity index (χ0v) is 11.1.